The Labute approximate surface area is 292 Å². The molecule has 5 aromatic rings. The number of esters is 2. The fraction of sp³-hybridized carbons (Fsp3) is 0.231. The van der Waals surface area contributed by atoms with Crippen molar-refractivity contribution in [1.82, 2.24) is 4.57 Å². The van der Waals surface area contributed by atoms with Crippen LogP contribution in [0.1, 0.15) is 43.5 Å². The molecule has 1 atom stereocenters. The molecule has 0 aliphatic carbocycles. The zero-order valence-corrected chi connectivity index (χ0v) is 29.0. The highest BCUT2D eigenvalue weighted by atomic mass is 32.1. The largest absolute Gasteiger partial charge is 0.490 e. The maximum absolute atomic E-state index is 14.1. The van der Waals surface area contributed by atoms with E-state index in [0.717, 1.165) is 21.9 Å². The van der Waals surface area contributed by atoms with E-state index in [9.17, 15) is 14.4 Å². The van der Waals surface area contributed by atoms with Crippen LogP contribution in [0.2, 0.25) is 0 Å². The first-order valence-corrected chi connectivity index (χ1v) is 17.0. The molecule has 0 N–H and O–H groups in total. The van der Waals surface area contributed by atoms with Gasteiger partial charge in [-0.2, -0.15) is 0 Å². The lowest BCUT2D eigenvalue weighted by molar-refractivity contribution is -0.143. The van der Waals surface area contributed by atoms with Gasteiger partial charge in [0.25, 0.3) is 5.56 Å². The van der Waals surface area contributed by atoms with Crippen LogP contribution in [0.4, 0.5) is 0 Å². The van der Waals surface area contributed by atoms with E-state index < -0.39 is 18.0 Å². The van der Waals surface area contributed by atoms with Crippen LogP contribution < -0.4 is 29.1 Å². The molecule has 0 amide bonds. The monoisotopic (exact) mass is 692 g/mol. The lowest BCUT2D eigenvalue weighted by atomic mass is 9.95. The summed E-state index contributed by atoms with van der Waals surface area (Å²) < 4.78 is 29.7. The van der Waals surface area contributed by atoms with E-state index >= 15 is 0 Å². The van der Waals surface area contributed by atoms with E-state index in [1.807, 2.05) is 49.4 Å². The van der Waals surface area contributed by atoms with Gasteiger partial charge in [-0.25, -0.2) is 14.6 Å². The smallest absolute Gasteiger partial charge is 0.343 e. The molecule has 4 aromatic carbocycles. The predicted molar refractivity (Wildman–Crippen MR) is 190 cm³/mol. The molecule has 1 aliphatic heterocycles. The lowest BCUT2D eigenvalue weighted by Crippen LogP contribution is -2.40. The summed E-state index contributed by atoms with van der Waals surface area (Å²) in [4.78, 5) is 44.3. The molecule has 0 saturated heterocycles. The summed E-state index contributed by atoms with van der Waals surface area (Å²) in [5, 5.41) is 2.31. The van der Waals surface area contributed by atoms with E-state index in [0.29, 0.717) is 51.1 Å². The maximum atomic E-state index is 14.1. The first-order valence-electron chi connectivity index (χ1n) is 16.2. The minimum absolute atomic E-state index is 0.152. The van der Waals surface area contributed by atoms with Gasteiger partial charge in [-0.05, 0) is 78.6 Å². The summed E-state index contributed by atoms with van der Waals surface area (Å²) in [6.45, 7) is 5.84. The van der Waals surface area contributed by atoms with Gasteiger partial charge >= 0.3 is 11.9 Å². The number of hydrogen-bond acceptors (Lipinski definition) is 10. The van der Waals surface area contributed by atoms with Gasteiger partial charge in [-0.3, -0.25) is 9.36 Å². The molecule has 10 nitrogen and oxygen atoms in total. The Bertz CT molecular complexity index is 2260. The molecule has 0 saturated carbocycles. The molecule has 0 radical (unpaired) electrons. The number of carbonyl (C=O) groups excluding carboxylic acids is 2. The molecule has 256 valence electrons. The predicted octanol–water partition coefficient (Wildman–Crippen LogP) is 5.48. The minimum atomic E-state index is -0.855. The summed E-state index contributed by atoms with van der Waals surface area (Å²) in [7, 11) is 1.28. The van der Waals surface area contributed by atoms with Gasteiger partial charge in [0, 0.05) is 0 Å². The molecule has 50 heavy (non-hydrogen) atoms. The molecule has 2 heterocycles. The van der Waals surface area contributed by atoms with Crippen molar-refractivity contribution in [2.24, 2.45) is 4.99 Å². The first-order chi connectivity index (χ1) is 24.3. The van der Waals surface area contributed by atoms with Gasteiger partial charge in [0.1, 0.15) is 12.4 Å². The van der Waals surface area contributed by atoms with Crippen molar-refractivity contribution >= 4 is 40.1 Å². The fourth-order valence-corrected chi connectivity index (χ4v) is 6.82. The third kappa shape index (κ3) is 7.18. The van der Waals surface area contributed by atoms with Crippen molar-refractivity contribution in [3.05, 3.63) is 133 Å². The Hall–Kier alpha value is -5.68. The summed E-state index contributed by atoms with van der Waals surface area (Å²) >= 11 is 1.23. The molecule has 0 fully saturated rings. The van der Waals surface area contributed by atoms with Gasteiger partial charge in [-0.15, -0.1) is 0 Å². The molecule has 1 aliphatic rings. The second-order valence-electron chi connectivity index (χ2n) is 11.3. The van der Waals surface area contributed by atoms with Gasteiger partial charge < -0.3 is 23.7 Å². The Kier molecular flexibility index (Phi) is 10.4. The number of rotatable bonds is 12. The highest BCUT2D eigenvalue weighted by Gasteiger charge is 2.34. The maximum Gasteiger partial charge on any atom is 0.343 e. The third-order valence-electron chi connectivity index (χ3n) is 8.13. The average Bonchev–Trinajstić information content (AvgIpc) is 3.43. The van der Waals surface area contributed by atoms with Gasteiger partial charge in [0.15, 0.2) is 22.9 Å². The number of hydrogen-bond donors (Lipinski definition) is 0. The van der Waals surface area contributed by atoms with Crippen molar-refractivity contribution in [1.29, 1.82) is 0 Å². The van der Waals surface area contributed by atoms with E-state index in [4.69, 9.17) is 23.7 Å². The number of thiazole rings is 1. The Balaban J connectivity index is 1.33. The topological polar surface area (TPSA) is 115 Å². The number of allylic oxidation sites excluding steroid dienone is 1. The van der Waals surface area contributed by atoms with Crippen LogP contribution in [0, 0.1) is 0 Å². The average molecular weight is 693 g/mol. The standard InChI is InChI=1S/C39H36N2O8S/c1-5-46-32-21-27(16-19-31(32)49-23-34(42)45-4)36-35(38(44)47-6-2)24(3)40-39-41(36)37(43)33(50-39)20-25-14-17-29(18-15-25)48-22-28-12-9-11-26-10-7-8-13-30(26)28/h7-21,36H,5-6,22-23H2,1-4H3/b33-20-/t36-/m1/s1. The number of fused-ring (bicyclic) bond motifs is 2. The first kappa shape index (κ1) is 34.2. The molecule has 1 aromatic heterocycles. The highest BCUT2D eigenvalue weighted by Crippen LogP contribution is 2.36. The summed E-state index contributed by atoms with van der Waals surface area (Å²) in [5.74, 6) is 0.245. The highest BCUT2D eigenvalue weighted by molar-refractivity contribution is 7.07. The molecular formula is C39H36N2O8S. The van der Waals surface area contributed by atoms with Crippen molar-refractivity contribution in [2.45, 2.75) is 33.4 Å². The minimum Gasteiger partial charge on any atom is -0.490 e. The van der Waals surface area contributed by atoms with Crippen LogP contribution in [-0.2, 0) is 25.7 Å². The summed E-state index contributed by atoms with van der Waals surface area (Å²) in [6.07, 6.45) is 1.80. The van der Waals surface area contributed by atoms with Crippen LogP contribution >= 0.6 is 11.3 Å². The van der Waals surface area contributed by atoms with Crippen LogP contribution in [-0.4, -0.2) is 43.4 Å². The van der Waals surface area contributed by atoms with Crippen molar-refractivity contribution in [3.8, 4) is 17.2 Å². The molecule has 0 bridgehead atoms. The van der Waals surface area contributed by atoms with Crippen LogP contribution in [0.3, 0.4) is 0 Å². The van der Waals surface area contributed by atoms with E-state index in [2.05, 4.69) is 29.3 Å². The molecule has 0 spiro atoms. The number of methoxy groups -OCH3 is 1. The van der Waals surface area contributed by atoms with Crippen LogP contribution in [0.25, 0.3) is 16.8 Å². The second kappa shape index (κ2) is 15.3. The Morgan fingerprint density at radius 2 is 1.68 bits per heavy atom. The van der Waals surface area contributed by atoms with Crippen LogP contribution in [0.15, 0.2) is 106 Å². The van der Waals surface area contributed by atoms with Gasteiger partial charge in [0.05, 0.1) is 42.2 Å². The molecular weight excluding hydrogens is 657 g/mol. The van der Waals surface area contributed by atoms with Crippen molar-refractivity contribution in [3.63, 3.8) is 0 Å². The quantitative estimate of drug-likeness (QED) is 0.158. The zero-order valence-electron chi connectivity index (χ0n) is 28.1. The molecule has 6 rings (SSSR count). The summed E-state index contributed by atoms with van der Waals surface area (Å²) in [6, 6.07) is 26.1. The SMILES string of the molecule is CCOC(=O)C1=C(C)N=c2s/c(=C\c3ccc(OCc4cccc5ccccc45)cc3)c(=O)n2[C@@H]1c1ccc(OCC(=O)OC)c(OCC)c1. The number of carbonyl (C=O) groups is 2. The third-order valence-corrected chi connectivity index (χ3v) is 9.11. The summed E-state index contributed by atoms with van der Waals surface area (Å²) in [5.41, 5.74) is 2.85. The number of benzene rings is 4. The van der Waals surface area contributed by atoms with Crippen molar-refractivity contribution in [2.75, 3.05) is 26.9 Å². The molecule has 0 unspecified atom stereocenters. The van der Waals surface area contributed by atoms with Crippen molar-refractivity contribution < 1.29 is 33.3 Å². The Morgan fingerprint density at radius 3 is 2.44 bits per heavy atom. The second-order valence-corrected chi connectivity index (χ2v) is 12.3. The van der Waals surface area contributed by atoms with E-state index in [1.54, 1.807) is 38.1 Å². The number of nitrogens with zero attached hydrogens (tertiary/aromatic N) is 2. The van der Waals surface area contributed by atoms with Gasteiger partial charge in [-0.1, -0.05) is 72.0 Å². The number of aromatic nitrogens is 1. The van der Waals surface area contributed by atoms with Crippen LogP contribution in [0.5, 0.6) is 17.2 Å². The molecule has 11 heteroatoms. The fourth-order valence-electron chi connectivity index (χ4n) is 5.78. The number of ether oxygens (including phenoxy) is 5. The van der Waals surface area contributed by atoms with Gasteiger partial charge in [0.2, 0.25) is 0 Å². The van der Waals surface area contributed by atoms with E-state index in [-0.39, 0.29) is 24.3 Å². The lowest BCUT2D eigenvalue weighted by Gasteiger charge is -2.25. The van der Waals surface area contributed by atoms with E-state index in [1.165, 1.54) is 23.0 Å². The normalized spacial score (nSPS) is 14.2. The zero-order chi connectivity index (χ0) is 35.2. The Morgan fingerprint density at radius 1 is 0.900 bits per heavy atom.